The molecule has 0 fully saturated rings. The number of carbonyl (C=O) groups excluding carboxylic acids is 1. The first-order valence-corrected chi connectivity index (χ1v) is 6.63. The van der Waals surface area contributed by atoms with E-state index in [1.165, 1.54) is 11.0 Å². The molecule has 6 nitrogen and oxygen atoms in total. The van der Waals surface area contributed by atoms with Crippen LogP contribution in [0.4, 0.5) is 10.2 Å². The van der Waals surface area contributed by atoms with E-state index in [0.29, 0.717) is 18.9 Å². The second-order valence-electron chi connectivity index (χ2n) is 4.76. The molecule has 1 N–H and O–H groups in total. The molecule has 2 rings (SSSR count). The molecule has 0 saturated carbocycles. The van der Waals surface area contributed by atoms with Gasteiger partial charge in [-0.3, -0.25) is 9.48 Å². The van der Waals surface area contributed by atoms with E-state index < -0.39 is 5.82 Å². The third-order valence-electron chi connectivity index (χ3n) is 2.95. The summed E-state index contributed by atoms with van der Waals surface area (Å²) >= 11 is 0. The Hall–Kier alpha value is -2.44. The van der Waals surface area contributed by atoms with Gasteiger partial charge in [0.05, 0.1) is 18.0 Å². The molecule has 7 heteroatoms. The maximum absolute atomic E-state index is 13.4. The van der Waals surface area contributed by atoms with E-state index in [-0.39, 0.29) is 11.5 Å². The van der Waals surface area contributed by atoms with Crippen LogP contribution in [0.3, 0.4) is 0 Å². The molecule has 0 bridgehead atoms. The third kappa shape index (κ3) is 3.56. The Labute approximate surface area is 122 Å². The molecule has 0 spiro atoms. The first-order valence-electron chi connectivity index (χ1n) is 6.63. The van der Waals surface area contributed by atoms with E-state index in [0.717, 1.165) is 11.8 Å². The van der Waals surface area contributed by atoms with E-state index >= 15 is 0 Å². The monoisotopic (exact) mass is 291 g/mol. The Morgan fingerprint density at radius 3 is 2.86 bits per heavy atom. The Bertz CT molecular complexity index is 640. The smallest absolute Gasteiger partial charge is 0.257 e. The van der Waals surface area contributed by atoms with Gasteiger partial charge in [0.2, 0.25) is 0 Å². The molecule has 21 heavy (non-hydrogen) atoms. The number of hydrogen-bond donors (Lipinski definition) is 1. The summed E-state index contributed by atoms with van der Waals surface area (Å²) in [5, 5.41) is 7.02. The summed E-state index contributed by atoms with van der Waals surface area (Å²) in [5.41, 5.74) is 1.13. The largest absolute Gasteiger partial charge is 0.370 e. The quantitative estimate of drug-likeness (QED) is 0.910. The lowest BCUT2D eigenvalue weighted by molar-refractivity contribution is 0.0785. The number of aryl methyl sites for hydroxylation is 1. The summed E-state index contributed by atoms with van der Waals surface area (Å²) in [6.07, 6.45) is 4.62. The normalized spacial score (nSPS) is 10.5. The molecule has 2 aromatic rings. The number of carbonyl (C=O) groups is 1. The lowest BCUT2D eigenvalue weighted by atomic mass is 10.2. The number of rotatable bonds is 5. The van der Waals surface area contributed by atoms with Crippen molar-refractivity contribution in [3.05, 3.63) is 41.6 Å². The first kappa shape index (κ1) is 15.0. The minimum Gasteiger partial charge on any atom is -0.370 e. The summed E-state index contributed by atoms with van der Waals surface area (Å²) in [4.78, 5) is 17.9. The number of halogens is 1. The van der Waals surface area contributed by atoms with Gasteiger partial charge < -0.3 is 10.2 Å². The third-order valence-corrected chi connectivity index (χ3v) is 2.95. The van der Waals surface area contributed by atoms with Crippen molar-refractivity contribution in [3.8, 4) is 0 Å². The molecule has 0 radical (unpaired) electrons. The molecular formula is C14H18FN5O. The van der Waals surface area contributed by atoms with Crippen molar-refractivity contribution in [1.29, 1.82) is 0 Å². The van der Waals surface area contributed by atoms with E-state index in [9.17, 15) is 9.18 Å². The zero-order chi connectivity index (χ0) is 15.4. The molecule has 1 amide bonds. The zero-order valence-electron chi connectivity index (χ0n) is 12.3. The lowest BCUT2D eigenvalue weighted by Crippen LogP contribution is -2.27. The minimum absolute atomic E-state index is 0.225. The van der Waals surface area contributed by atoms with E-state index in [4.69, 9.17) is 0 Å². The van der Waals surface area contributed by atoms with E-state index in [1.807, 2.05) is 20.2 Å². The van der Waals surface area contributed by atoms with Crippen molar-refractivity contribution in [2.75, 3.05) is 18.9 Å². The van der Waals surface area contributed by atoms with Gasteiger partial charge in [-0.05, 0) is 13.0 Å². The van der Waals surface area contributed by atoms with Crippen LogP contribution in [0.25, 0.3) is 0 Å². The fraction of sp³-hybridized carbons (Fsp3) is 0.357. The Morgan fingerprint density at radius 2 is 2.24 bits per heavy atom. The summed E-state index contributed by atoms with van der Waals surface area (Å²) in [7, 11) is 3.47. The van der Waals surface area contributed by atoms with Crippen LogP contribution in [0.1, 0.15) is 22.8 Å². The topological polar surface area (TPSA) is 63.1 Å². The fourth-order valence-corrected chi connectivity index (χ4v) is 2.02. The van der Waals surface area contributed by atoms with Crippen LogP contribution in [0.5, 0.6) is 0 Å². The molecule has 0 saturated heterocycles. The number of pyridine rings is 1. The van der Waals surface area contributed by atoms with Crippen LogP contribution in [0, 0.1) is 5.82 Å². The van der Waals surface area contributed by atoms with Crippen LogP contribution in [0.2, 0.25) is 0 Å². The number of nitrogens with one attached hydrogen (secondary N) is 1. The van der Waals surface area contributed by atoms with Crippen LogP contribution in [-0.2, 0) is 13.6 Å². The van der Waals surface area contributed by atoms with Crippen LogP contribution in [-0.4, -0.2) is 39.2 Å². The number of nitrogens with zero attached hydrogens (tertiary/aromatic N) is 4. The predicted octanol–water partition coefficient (Wildman–Crippen LogP) is 1.66. The van der Waals surface area contributed by atoms with Gasteiger partial charge in [-0.1, -0.05) is 0 Å². The summed E-state index contributed by atoms with van der Waals surface area (Å²) < 4.78 is 15.0. The molecule has 0 aliphatic heterocycles. The predicted molar refractivity (Wildman–Crippen MR) is 77.4 cm³/mol. The Balaban J connectivity index is 2.20. The highest BCUT2D eigenvalue weighted by Crippen LogP contribution is 2.16. The highest BCUT2D eigenvalue weighted by molar-refractivity contribution is 5.98. The van der Waals surface area contributed by atoms with Crippen LogP contribution in [0.15, 0.2) is 24.7 Å². The van der Waals surface area contributed by atoms with E-state index in [1.54, 1.807) is 17.9 Å². The number of anilines is 1. The number of aromatic nitrogens is 3. The minimum atomic E-state index is -0.533. The highest BCUT2D eigenvalue weighted by atomic mass is 19.1. The van der Waals surface area contributed by atoms with Gasteiger partial charge in [0, 0.05) is 38.9 Å². The average Bonchev–Trinajstić information content (AvgIpc) is 2.85. The standard InChI is InChI=1S/C14H18FN5O/c1-4-16-13-12(5-11(15)7-17-13)14(21)19(2)8-10-6-18-20(3)9-10/h5-7,9H,4,8H2,1-3H3,(H,16,17). The van der Waals surface area contributed by atoms with Crippen molar-refractivity contribution >= 4 is 11.7 Å². The second-order valence-corrected chi connectivity index (χ2v) is 4.76. The number of amides is 1. The molecule has 0 unspecified atom stereocenters. The van der Waals surface area contributed by atoms with Gasteiger partial charge in [0.25, 0.3) is 5.91 Å². The lowest BCUT2D eigenvalue weighted by Gasteiger charge is -2.18. The van der Waals surface area contributed by atoms with Crippen molar-refractivity contribution in [1.82, 2.24) is 19.7 Å². The average molecular weight is 291 g/mol. The molecule has 112 valence electrons. The van der Waals surface area contributed by atoms with Gasteiger partial charge in [0.1, 0.15) is 11.6 Å². The fourth-order valence-electron chi connectivity index (χ4n) is 2.02. The van der Waals surface area contributed by atoms with Gasteiger partial charge >= 0.3 is 0 Å². The van der Waals surface area contributed by atoms with Crippen molar-refractivity contribution in [2.45, 2.75) is 13.5 Å². The first-order chi connectivity index (χ1) is 10.0. The molecule has 0 aromatic carbocycles. The van der Waals surface area contributed by atoms with Crippen LogP contribution < -0.4 is 5.32 Å². The molecule has 0 atom stereocenters. The molecular weight excluding hydrogens is 273 g/mol. The van der Waals surface area contributed by atoms with E-state index in [2.05, 4.69) is 15.4 Å². The molecule has 2 heterocycles. The Morgan fingerprint density at radius 1 is 1.48 bits per heavy atom. The van der Waals surface area contributed by atoms with Crippen molar-refractivity contribution in [2.24, 2.45) is 7.05 Å². The summed E-state index contributed by atoms with van der Waals surface area (Å²) in [6.45, 7) is 2.89. The zero-order valence-corrected chi connectivity index (χ0v) is 12.3. The molecule has 2 aromatic heterocycles. The van der Waals surface area contributed by atoms with Gasteiger partial charge in [-0.15, -0.1) is 0 Å². The SMILES string of the molecule is CCNc1ncc(F)cc1C(=O)N(C)Cc1cnn(C)c1. The van der Waals surface area contributed by atoms with Gasteiger partial charge in [-0.25, -0.2) is 9.37 Å². The second kappa shape index (κ2) is 6.34. The maximum Gasteiger partial charge on any atom is 0.257 e. The molecule has 0 aliphatic carbocycles. The van der Waals surface area contributed by atoms with Crippen molar-refractivity contribution in [3.63, 3.8) is 0 Å². The van der Waals surface area contributed by atoms with Gasteiger partial charge in [-0.2, -0.15) is 5.10 Å². The van der Waals surface area contributed by atoms with Crippen molar-refractivity contribution < 1.29 is 9.18 Å². The highest BCUT2D eigenvalue weighted by Gasteiger charge is 2.18. The summed E-state index contributed by atoms with van der Waals surface area (Å²) in [5.74, 6) is -0.432. The van der Waals surface area contributed by atoms with Crippen LogP contribution >= 0.6 is 0 Å². The summed E-state index contributed by atoms with van der Waals surface area (Å²) in [6, 6.07) is 1.20. The molecule has 0 aliphatic rings. The maximum atomic E-state index is 13.4. The number of hydrogen-bond acceptors (Lipinski definition) is 4. The van der Waals surface area contributed by atoms with Gasteiger partial charge in [0.15, 0.2) is 0 Å². The Kier molecular flexibility index (Phi) is 4.52.